The lowest BCUT2D eigenvalue weighted by Crippen LogP contribution is -2.03. The quantitative estimate of drug-likeness (QED) is 0.407. The molecule has 0 spiro atoms. The zero-order valence-corrected chi connectivity index (χ0v) is 16.9. The van der Waals surface area contributed by atoms with Gasteiger partial charge in [-0.3, -0.25) is 0 Å². The van der Waals surface area contributed by atoms with E-state index in [1.165, 1.54) is 0 Å². The molecule has 3 aromatic carbocycles. The number of nitrogens with zero attached hydrogens (tertiary/aromatic N) is 2. The number of rotatable bonds is 4. The molecule has 1 aromatic heterocycles. The molecule has 4 rings (SSSR count). The molecule has 0 saturated carbocycles. The minimum absolute atomic E-state index is 0.0936. The molecule has 29 heavy (non-hydrogen) atoms. The first-order valence-electron chi connectivity index (χ1n) is 8.89. The van der Waals surface area contributed by atoms with E-state index in [4.69, 9.17) is 28.3 Å². The van der Waals surface area contributed by atoms with Crippen molar-refractivity contribution >= 4 is 29.2 Å². The highest BCUT2D eigenvalue weighted by Gasteiger charge is 2.26. The van der Waals surface area contributed by atoms with Gasteiger partial charge in [0.05, 0.1) is 11.4 Å². The molecule has 6 heteroatoms. The van der Waals surface area contributed by atoms with Crippen molar-refractivity contribution in [2.45, 2.75) is 6.92 Å². The third-order valence-electron chi connectivity index (χ3n) is 4.53. The second-order valence-corrected chi connectivity index (χ2v) is 7.53. The molecule has 4 nitrogen and oxygen atoms in total. The van der Waals surface area contributed by atoms with E-state index >= 15 is 0 Å². The zero-order valence-electron chi connectivity index (χ0n) is 15.4. The van der Waals surface area contributed by atoms with Crippen molar-refractivity contribution in [3.63, 3.8) is 0 Å². The van der Waals surface area contributed by atoms with Crippen LogP contribution in [0.5, 0.6) is 0 Å². The van der Waals surface area contributed by atoms with Crippen LogP contribution in [0.1, 0.15) is 15.9 Å². The summed E-state index contributed by atoms with van der Waals surface area (Å²) in [6.45, 7) is 1.98. The maximum atomic E-state index is 12.4. The number of carboxylic acid groups (broad SMARTS) is 1. The van der Waals surface area contributed by atoms with Crippen molar-refractivity contribution in [2.24, 2.45) is 0 Å². The molecule has 1 heterocycles. The van der Waals surface area contributed by atoms with Crippen molar-refractivity contribution in [3.05, 3.63) is 94.0 Å². The second kappa shape index (κ2) is 7.74. The summed E-state index contributed by atoms with van der Waals surface area (Å²) in [4.78, 5) is 12.4. The summed E-state index contributed by atoms with van der Waals surface area (Å²) >= 11 is 12.3. The number of aromatic carboxylic acids is 1. The summed E-state index contributed by atoms with van der Waals surface area (Å²) in [5, 5.41) is 15.6. The van der Waals surface area contributed by atoms with Crippen LogP contribution < -0.4 is 0 Å². The van der Waals surface area contributed by atoms with Crippen LogP contribution in [0.3, 0.4) is 0 Å². The molecule has 144 valence electrons. The number of carboxylic acids is 1. The third-order valence-corrected chi connectivity index (χ3v) is 4.97. The van der Waals surface area contributed by atoms with Gasteiger partial charge in [0.1, 0.15) is 11.3 Å². The largest absolute Gasteiger partial charge is 0.478 e. The Balaban J connectivity index is 2.09. The smallest absolute Gasteiger partial charge is 0.340 e. The topological polar surface area (TPSA) is 55.1 Å². The number of benzene rings is 3. The van der Waals surface area contributed by atoms with Crippen LogP contribution in [0.2, 0.25) is 10.0 Å². The maximum Gasteiger partial charge on any atom is 0.340 e. The Morgan fingerprint density at radius 2 is 1.59 bits per heavy atom. The van der Waals surface area contributed by atoms with Gasteiger partial charge in [0.2, 0.25) is 0 Å². The maximum absolute atomic E-state index is 12.4. The molecule has 0 fully saturated rings. The second-order valence-electron chi connectivity index (χ2n) is 6.65. The first kappa shape index (κ1) is 19.2. The number of aryl methyl sites for hydroxylation is 1. The molecular weight excluding hydrogens is 407 g/mol. The van der Waals surface area contributed by atoms with Gasteiger partial charge in [0, 0.05) is 21.2 Å². The molecule has 1 N–H and O–H groups in total. The minimum Gasteiger partial charge on any atom is -0.478 e. The van der Waals surface area contributed by atoms with E-state index in [1.807, 2.05) is 61.5 Å². The van der Waals surface area contributed by atoms with Gasteiger partial charge in [-0.25, -0.2) is 9.48 Å². The summed E-state index contributed by atoms with van der Waals surface area (Å²) in [5.41, 5.74) is 4.00. The minimum atomic E-state index is -1.08. The number of aromatic nitrogens is 2. The van der Waals surface area contributed by atoms with Crippen molar-refractivity contribution < 1.29 is 9.90 Å². The van der Waals surface area contributed by atoms with E-state index < -0.39 is 5.97 Å². The zero-order chi connectivity index (χ0) is 20.5. The average Bonchev–Trinajstić information content (AvgIpc) is 3.09. The Bertz CT molecular complexity index is 1200. The number of hydrogen-bond acceptors (Lipinski definition) is 2. The van der Waals surface area contributed by atoms with Crippen molar-refractivity contribution in [1.82, 2.24) is 9.78 Å². The molecule has 0 saturated heterocycles. The summed E-state index contributed by atoms with van der Waals surface area (Å²) < 4.78 is 1.66. The number of carbonyl (C=O) groups is 1. The highest BCUT2D eigenvalue weighted by atomic mass is 35.5. The Hall–Kier alpha value is -3.08. The van der Waals surface area contributed by atoms with Crippen LogP contribution in [0.4, 0.5) is 0 Å². The van der Waals surface area contributed by atoms with Gasteiger partial charge in [-0.1, -0.05) is 65.7 Å². The number of hydrogen-bond donors (Lipinski definition) is 1. The van der Waals surface area contributed by atoms with Gasteiger partial charge < -0.3 is 5.11 Å². The predicted octanol–water partition coefficient (Wildman–Crippen LogP) is 6.52. The van der Waals surface area contributed by atoms with Gasteiger partial charge in [-0.05, 0) is 42.8 Å². The van der Waals surface area contributed by atoms with Crippen LogP contribution in [-0.2, 0) is 0 Å². The first-order chi connectivity index (χ1) is 13.9. The first-order valence-corrected chi connectivity index (χ1v) is 9.65. The summed E-state index contributed by atoms with van der Waals surface area (Å²) in [5.74, 6) is -1.08. The summed E-state index contributed by atoms with van der Waals surface area (Å²) in [6.07, 6.45) is 0. The van der Waals surface area contributed by atoms with Gasteiger partial charge >= 0.3 is 5.97 Å². The SMILES string of the molecule is Cc1cccc(-n2nc(-c3cc(Cl)cc(Cl)c3)c(C(=O)O)c2-c2ccccc2)c1. The molecular formula is C23H16Cl2N2O2. The average molecular weight is 423 g/mol. The Labute approximate surface area is 178 Å². The van der Waals surface area contributed by atoms with Crippen LogP contribution in [-0.4, -0.2) is 20.9 Å². The summed E-state index contributed by atoms with van der Waals surface area (Å²) in [6, 6.07) is 22.0. The van der Waals surface area contributed by atoms with Gasteiger partial charge in [0.25, 0.3) is 0 Å². The van der Waals surface area contributed by atoms with E-state index in [0.717, 1.165) is 16.8 Å². The lowest BCUT2D eigenvalue weighted by atomic mass is 10.0. The van der Waals surface area contributed by atoms with Crippen molar-refractivity contribution in [3.8, 4) is 28.2 Å². The fourth-order valence-electron chi connectivity index (χ4n) is 3.32. The standard InChI is InChI=1S/C23H16Cl2N2O2/c1-14-6-5-9-19(10-14)27-22(15-7-3-2-4-8-15)20(23(28)29)21(26-27)16-11-17(24)13-18(25)12-16/h2-13H,1H3,(H,28,29). The molecule has 0 aliphatic heterocycles. The van der Waals surface area contributed by atoms with E-state index in [0.29, 0.717) is 27.0 Å². The molecule has 0 aliphatic carbocycles. The van der Waals surface area contributed by atoms with E-state index in [2.05, 4.69) is 0 Å². The van der Waals surface area contributed by atoms with Gasteiger partial charge in [0.15, 0.2) is 0 Å². The van der Waals surface area contributed by atoms with Crippen molar-refractivity contribution in [2.75, 3.05) is 0 Å². The molecule has 0 bridgehead atoms. The van der Waals surface area contributed by atoms with Crippen LogP contribution in [0, 0.1) is 6.92 Å². The Kier molecular flexibility index (Phi) is 5.14. The summed E-state index contributed by atoms with van der Waals surface area (Å²) in [7, 11) is 0. The fraction of sp³-hybridized carbons (Fsp3) is 0.0435. The molecule has 0 radical (unpaired) electrons. The molecule has 0 amide bonds. The van der Waals surface area contributed by atoms with Crippen LogP contribution in [0.25, 0.3) is 28.2 Å². The molecule has 0 aliphatic rings. The Morgan fingerprint density at radius 3 is 2.21 bits per heavy atom. The highest BCUT2D eigenvalue weighted by Crippen LogP contribution is 2.36. The number of halogens is 2. The predicted molar refractivity (Wildman–Crippen MR) is 116 cm³/mol. The van der Waals surface area contributed by atoms with E-state index in [9.17, 15) is 9.90 Å². The molecule has 0 unspecified atom stereocenters. The van der Waals surface area contributed by atoms with Gasteiger partial charge in [-0.15, -0.1) is 0 Å². The fourth-order valence-corrected chi connectivity index (χ4v) is 3.85. The Morgan fingerprint density at radius 1 is 0.897 bits per heavy atom. The van der Waals surface area contributed by atoms with E-state index in [1.54, 1.807) is 22.9 Å². The third kappa shape index (κ3) is 3.77. The van der Waals surface area contributed by atoms with Crippen LogP contribution >= 0.6 is 23.2 Å². The molecule has 0 atom stereocenters. The normalized spacial score (nSPS) is 10.9. The lowest BCUT2D eigenvalue weighted by molar-refractivity contribution is 0.0698. The van der Waals surface area contributed by atoms with Gasteiger partial charge in [-0.2, -0.15) is 5.10 Å². The van der Waals surface area contributed by atoms with E-state index in [-0.39, 0.29) is 5.56 Å². The van der Waals surface area contributed by atoms with Crippen LogP contribution in [0.15, 0.2) is 72.8 Å². The molecule has 4 aromatic rings. The lowest BCUT2D eigenvalue weighted by Gasteiger charge is -2.09. The monoisotopic (exact) mass is 422 g/mol. The van der Waals surface area contributed by atoms with Crippen molar-refractivity contribution in [1.29, 1.82) is 0 Å². The highest BCUT2D eigenvalue weighted by molar-refractivity contribution is 6.35.